The van der Waals surface area contributed by atoms with E-state index in [4.69, 9.17) is 0 Å². The third-order valence-electron chi connectivity index (χ3n) is 4.91. The Morgan fingerprint density at radius 3 is 2.58 bits per heavy atom. The molecule has 0 aromatic rings. The lowest BCUT2D eigenvalue weighted by atomic mass is 9.78. The summed E-state index contributed by atoms with van der Waals surface area (Å²) in [5.41, 5.74) is 0.360. The number of hydrogen-bond donors (Lipinski definition) is 1. The lowest BCUT2D eigenvalue weighted by Crippen LogP contribution is -2.66. The van der Waals surface area contributed by atoms with Gasteiger partial charge in [0.2, 0.25) is 0 Å². The summed E-state index contributed by atoms with van der Waals surface area (Å²) in [6.07, 6.45) is 8.60. The van der Waals surface area contributed by atoms with Crippen LogP contribution < -0.4 is 5.32 Å². The Labute approximate surface area is 121 Å². The predicted octanol–water partition coefficient (Wildman–Crippen LogP) is 2.00. The van der Waals surface area contributed by atoms with Crippen LogP contribution in [0.15, 0.2) is 0 Å². The van der Waals surface area contributed by atoms with Crippen LogP contribution in [0.25, 0.3) is 0 Å². The highest BCUT2D eigenvalue weighted by Crippen LogP contribution is 2.32. The van der Waals surface area contributed by atoms with E-state index in [1.165, 1.54) is 32.1 Å². The number of piperazine rings is 1. The normalized spacial score (nSPS) is 29.8. The second kappa shape index (κ2) is 6.68. The minimum atomic E-state index is -0.674. The first kappa shape index (κ1) is 15.5. The van der Waals surface area contributed by atoms with Crippen molar-refractivity contribution in [1.82, 2.24) is 10.2 Å². The van der Waals surface area contributed by atoms with Crippen molar-refractivity contribution in [2.75, 3.05) is 31.6 Å². The number of nitrogens with one attached hydrogen (secondary N) is 1. The van der Waals surface area contributed by atoms with Crippen LogP contribution >= 0.6 is 0 Å². The van der Waals surface area contributed by atoms with Crippen molar-refractivity contribution in [1.29, 1.82) is 0 Å². The molecule has 0 amide bonds. The van der Waals surface area contributed by atoms with E-state index in [2.05, 4.69) is 24.1 Å². The van der Waals surface area contributed by atoms with Crippen molar-refractivity contribution in [3.05, 3.63) is 0 Å². The molecule has 0 bridgehead atoms. The zero-order chi connectivity index (χ0) is 13.9. The maximum Gasteiger partial charge on any atom is 0.0359 e. The maximum absolute atomic E-state index is 11.4. The molecule has 1 spiro atoms. The Hall–Kier alpha value is 0.0700. The summed E-state index contributed by atoms with van der Waals surface area (Å²) in [4.78, 5) is 2.62. The van der Waals surface area contributed by atoms with Crippen LogP contribution in [0.3, 0.4) is 0 Å². The molecule has 19 heavy (non-hydrogen) atoms. The predicted molar refractivity (Wildman–Crippen MR) is 83.0 cm³/mol. The Bertz CT molecular complexity index is 313. The lowest BCUT2D eigenvalue weighted by molar-refractivity contribution is 0.0412. The van der Waals surface area contributed by atoms with Crippen LogP contribution in [0.1, 0.15) is 46.0 Å². The van der Waals surface area contributed by atoms with Crippen LogP contribution in [-0.4, -0.2) is 52.3 Å². The Morgan fingerprint density at radius 2 is 2.00 bits per heavy atom. The van der Waals surface area contributed by atoms with E-state index in [9.17, 15) is 4.21 Å². The van der Waals surface area contributed by atoms with Gasteiger partial charge < -0.3 is 5.32 Å². The molecule has 1 saturated carbocycles. The number of rotatable bonds is 4. The van der Waals surface area contributed by atoms with Gasteiger partial charge in [-0.05, 0) is 18.8 Å². The van der Waals surface area contributed by atoms with Gasteiger partial charge >= 0.3 is 0 Å². The van der Waals surface area contributed by atoms with E-state index in [0.717, 1.165) is 25.4 Å². The molecular formula is C15H30N2OS. The average Bonchev–Trinajstić information content (AvgIpc) is 2.37. The van der Waals surface area contributed by atoms with Gasteiger partial charge in [0.25, 0.3) is 0 Å². The molecule has 1 N–H and O–H groups in total. The van der Waals surface area contributed by atoms with Crippen molar-refractivity contribution in [2.24, 2.45) is 5.92 Å². The van der Waals surface area contributed by atoms with Gasteiger partial charge in [0.1, 0.15) is 0 Å². The second-order valence-electron chi connectivity index (χ2n) is 6.78. The Kier molecular flexibility index (Phi) is 5.44. The van der Waals surface area contributed by atoms with E-state index in [1.807, 2.05) is 6.26 Å². The van der Waals surface area contributed by atoms with Crippen molar-refractivity contribution in [3.63, 3.8) is 0 Å². The molecule has 1 heterocycles. The van der Waals surface area contributed by atoms with E-state index in [0.29, 0.717) is 17.5 Å². The van der Waals surface area contributed by atoms with Crippen molar-refractivity contribution in [2.45, 2.75) is 57.5 Å². The molecule has 2 aliphatic rings. The first-order valence-corrected chi connectivity index (χ1v) is 9.54. The van der Waals surface area contributed by atoms with Crippen LogP contribution in [0, 0.1) is 5.92 Å². The van der Waals surface area contributed by atoms with E-state index in [1.54, 1.807) is 0 Å². The smallest absolute Gasteiger partial charge is 0.0359 e. The minimum absolute atomic E-state index is 0.360. The fourth-order valence-electron chi connectivity index (χ4n) is 3.72. The number of nitrogens with zero attached hydrogens (tertiary/aromatic N) is 1. The van der Waals surface area contributed by atoms with Gasteiger partial charge in [-0.2, -0.15) is 0 Å². The lowest BCUT2D eigenvalue weighted by Gasteiger charge is -2.51. The standard InChI is InChI=1S/C15H30N2OS/c1-13(2)14-11-16-15(7-5-4-6-8-15)12-17(14)9-10-19(3)18/h13-14,16H,4-12H2,1-3H3. The summed E-state index contributed by atoms with van der Waals surface area (Å²) in [7, 11) is -0.674. The molecule has 0 aromatic carbocycles. The van der Waals surface area contributed by atoms with Crippen LogP contribution in [0.5, 0.6) is 0 Å². The third kappa shape index (κ3) is 4.02. The molecular weight excluding hydrogens is 256 g/mol. The van der Waals surface area contributed by atoms with Gasteiger partial charge in [-0.25, -0.2) is 0 Å². The molecule has 3 nitrogen and oxygen atoms in total. The summed E-state index contributed by atoms with van der Waals surface area (Å²) in [6.45, 7) is 7.87. The monoisotopic (exact) mass is 286 g/mol. The molecule has 1 aliphatic carbocycles. The van der Waals surface area contributed by atoms with Gasteiger partial charge in [0.15, 0.2) is 0 Å². The van der Waals surface area contributed by atoms with Crippen molar-refractivity contribution in [3.8, 4) is 0 Å². The van der Waals surface area contributed by atoms with E-state index < -0.39 is 10.8 Å². The van der Waals surface area contributed by atoms with Gasteiger partial charge in [0.05, 0.1) is 0 Å². The number of hydrogen-bond acceptors (Lipinski definition) is 3. The summed E-state index contributed by atoms with van der Waals surface area (Å²) in [6, 6.07) is 0.608. The first-order valence-electron chi connectivity index (χ1n) is 7.81. The molecule has 2 rings (SSSR count). The highest BCUT2D eigenvalue weighted by Gasteiger charge is 2.40. The molecule has 4 heteroatoms. The van der Waals surface area contributed by atoms with Gasteiger partial charge in [-0.15, -0.1) is 0 Å². The summed E-state index contributed by atoms with van der Waals surface area (Å²) < 4.78 is 11.4. The van der Waals surface area contributed by atoms with E-state index >= 15 is 0 Å². The largest absolute Gasteiger partial charge is 0.308 e. The first-order chi connectivity index (χ1) is 9.02. The molecule has 2 unspecified atom stereocenters. The molecule has 1 saturated heterocycles. The van der Waals surface area contributed by atoms with E-state index in [-0.39, 0.29) is 0 Å². The zero-order valence-corrected chi connectivity index (χ0v) is 13.6. The zero-order valence-electron chi connectivity index (χ0n) is 12.8. The van der Waals surface area contributed by atoms with Crippen molar-refractivity contribution < 1.29 is 4.21 Å². The Balaban J connectivity index is 2.01. The summed E-state index contributed by atoms with van der Waals surface area (Å²) >= 11 is 0. The van der Waals surface area contributed by atoms with Crippen molar-refractivity contribution >= 4 is 10.8 Å². The quantitative estimate of drug-likeness (QED) is 0.858. The molecule has 112 valence electrons. The summed E-state index contributed by atoms with van der Waals surface area (Å²) in [5, 5.41) is 3.87. The van der Waals surface area contributed by atoms with Gasteiger partial charge in [-0.1, -0.05) is 33.1 Å². The Morgan fingerprint density at radius 1 is 1.32 bits per heavy atom. The molecule has 2 atom stereocenters. The maximum atomic E-state index is 11.4. The van der Waals surface area contributed by atoms with Gasteiger partial charge in [-0.3, -0.25) is 9.11 Å². The molecule has 1 aliphatic heterocycles. The minimum Gasteiger partial charge on any atom is -0.308 e. The molecule has 2 fully saturated rings. The van der Waals surface area contributed by atoms with Crippen LogP contribution in [0.4, 0.5) is 0 Å². The second-order valence-corrected chi connectivity index (χ2v) is 8.34. The third-order valence-corrected chi connectivity index (χ3v) is 5.66. The molecule has 0 radical (unpaired) electrons. The molecule has 0 aromatic heterocycles. The van der Waals surface area contributed by atoms with Crippen LogP contribution in [-0.2, 0) is 10.8 Å². The topological polar surface area (TPSA) is 32.3 Å². The fraction of sp³-hybridized carbons (Fsp3) is 1.00. The highest BCUT2D eigenvalue weighted by atomic mass is 32.2. The van der Waals surface area contributed by atoms with Crippen LogP contribution in [0.2, 0.25) is 0 Å². The SMILES string of the molecule is CC(C)C1CNC2(CCCCC2)CN1CCS(C)=O. The highest BCUT2D eigenvalue weighted by molar-refractivity contribution is 7.84. The fourth-order valence-corrected chi connectivity index (χ4v) is 4.22. The van der Waals surface area contributed by atoms with Gasteiger partial charge in [0, 0.05) is 54.0 Å². The summed E-state index contributed by atoms with van der Waals surface area (Å²) in [5.74, 6) is 1.48. The average molecular weight is 286 g/mol.